The van der Waals surface area contributed by atoms with E-state index in [4.69, 9.17) is 7.85 Å². The second-order valence-corrected chi connectivity index (χ2v) is 2.27. The second-order valence-electron chi connectivity index (χ2n) is 2.27. The van der Waals surface area contributed by atoms with Gasteiger partial charge in [-0.05, 0) is 26.0 Å². The Hall–Kier alpha value is -0.785. The third-order valence-electron chi connectivity index (χ3n) is 1.17. The average Bonchev–Trinajstić information content (AvgIpc) is 2.01. The highest BCUT2D eigenvalue weighted by Gasteiger charge is 1.83. The van der Waals surface area contributed by atoms with Crippen molar-refractivity contribution in [1.82, 2.24) is 0 Å². The van der Waals surface area contributed by atoms with Crippen LogP contribution in [0.15, 0.2) is 35.7 Å². The molecule has 2 heteroatoms. The Morgan fingerprint density at radius 1 is 1.45 bits per heavy atom. The lowest BCUT2D eigenvalue weighted by Gasteiger charge is -1.89. The van der Waals surface area contributed by atoms with Crippen LogP contribution in [0, 0.1) is 0 Å². The van der Waals surface area contributed by atoms with E-state index in [0.29, 0.717) is 6.32 Å². The SMILES string of the molecule is [B]C/C(C)=C/C=C(/F)C=CC. The van der Waals surface area contributed by atoms with Crippen molar-refractivity contribution in [3.63, 3.8) is 0 Å². The molecule has 2 radical (unpaired) electrons. The van der Waals surface area contributed by atoms with Crippen molar-refractivity contribution in [3.8, 4) is 0 Å². The zero-order chi connectivity index (χ0) is 8.69. The van der Waals surface area contributed by atoms with E-state index < -0.39 is 0 Å². The number of allylic oxidation sites excluding steroid dienone is 6. The van der Waals surface area contributed by atoms with Gasteiger partial charge in [-0.2, -0.15) is 0 Å². The lowest BCUT2D eigenvalue weighted by atomic mass is 9.98. The molecule has 0 aromatic carbocycles. The van der Waals surface area contributed by atoms with Crippen molar-refractivity contribution in [2.45, 2.75) is 20.2 Å². The van der Waals surface area contributed by atoms with Gasteiger partial charge < -0.3 is 0 Å². The van der Waals surface area contributed by atoms with Crippen LogP contribution >= 0.6 is 0 Å². The van der Waals surface area contributed by atoms with Gasteiger partial charge in [-0.1, -0.05) is 24.0 Å². The molecular formula is C9H12BF. The van der Waals surface area contributed by atoms with Gasteiger partial charge in [0.25, 0.3) is 0 Å². The van der Waals surface area contributed by atoms with Crippen LogP contribution < -0.4 is 0 Å². The van der Waals surface area contributed by atoms with Crippen molar-refractivity contribution in [2.75, 3.05) is 0 Å². The van der Waals surface area contributed by atoms with Crippen molar-refractivity contribution < 1.29 is 4.39 Å². The molecule has 0 aliphatic rings. The highest BCUT2D eigenvalue weighted by molar-refractivity contribution is 6.10. The zero-order valence-corrected chi connectivity index (χ0v) is 6.97. The predicted molar refractivity (Wildman–Crippen MR) is 48.3 cm³/mol. The summed E-state index contributed by atoms with van der Waals surface area (Å²) >= 11 is 0. The van der Waals surface area contributed by atoms with Gasteiger partial charge in [0.1, 0.15) is 5.83 Å². The van der Waals surface area contributed by atoms with Crippen molar-refractivity contribution in [1.29, 1.82) is 0 Å². The third-order valence-corrected chi connectivity index (χ3v) is 1.17. The Morgan fingerprint density at radius 2 is 2.09 bits per heavy atom. The molecule has 0 nitrogen and oxygen atoms in total. The summed E-state index contributed by atoms with van der Waals surface area (Å²) in [6.07, 6.45) is 6.61. The molecule has 58 valence electrons. The van der Waals surface area contributed by atoms with Crippen LogP contribution in [0.2, 0.25) is 6.32 Å². The molecule has 0 bridgehead atoms. The van der Waals surface area contributed by atoms with E-state index >= 15 is 0 Å². The van der Waals surface area contributed by atoms with Gasteiger partial charge in [-0.15, -0.1) is 0 Å². The van der Waals surface area contributed by atoms with E-state index in [-0.39, 0.29) is 5.83 Å². The van der Waals surface area contributed by atoms with Crippen LogP contribution in [0.5, 0.6) is 0 Å². The smallest absolute Gasteiger partial charge is 0.122 e. The summed E-state index contributed by atoms with van der Waals surface area (Å²) < 4.78 is 12.6. The number of hydrogen-bond acceptors (Lipinski definition) is 0. The van der Waals surface area contributed by atoms with Crippen LogP contribution in [0.1, 0.15) is 13.8 Å². The minimum Gasteiger partial charge on any atom is -0.207 e. The first kappa shape index (κ1) is 10.2. The maximum absolute atomic E-state index is 12.6. The summed E-state index contributed by atoms with van der Waals surface area (Å²) in [5.41, 5.74) is 0.963. The molecule has 0 rings (SSSR count). The highest BCUT2D eigenvalue weighted by Crippen LogP contribution is 2.02. The van der Waals surface area contributed by atoms with Gasteiger partial charge in [0.2, 0.25) is 0 Å². The number of rotatable bonds is 3. The van der Waals surface area contributed by atoms with Gasteiger partial charge in [0.15, 0.2) is 0 Å². The molecule has 0 aliphatic heterocycles. The first-order valence-corrected chi connectivity index (χ1v) is 3.56. The fourth-order valence-corrected chi connectivity index (χ4v) is 0.505. The Balaban J connectivity index is 4.10. The van der Waals surface area contributed by atoms with Gasteiger partial charge in [-0.3, -0.25) is 0 Å². The molecule has 0 heterocycles. The van der Waals surface area contributed by atoms with Crippen LogP contribution in [0.3, 0.4) is 0 Å². The fourth-order valence-electron chi connectivity index (χ4n) is 0.505. The third kappa shape index (κ3) is 5.65. The zero-order valence-electron chi connectivity index (χ0n) is 6.97. The van der Waals surface area contributed by atoms with E-state index in [1.807, 2.05) is 6.92 Å². The Labute approximate surface area is 68.9 Å². The van der Waals surface area contributed by atoms with Crippen molar-refractivity contribution in [2.24, 2.45) is 0 Å². The Morgan fingerprint density at radius 3 is 2.55 bits per heavy atom. The lowest BCUT2D eigenvalue weighted by Crippen LogP contribution is -1.71. The molecule has 0 aliphatic carbocycles. The monoisotopic (exact) mass is 150 g/mol. The molecule has 0 aromatic rings. The van der Waals surface area contributed by atoms with Crippen molar-refractivity contribution in [3.05, 3.63) is 35.7 Å². The minimum atomic E-state index is -0.250. The van der Waals surface area contributed by atoms with Gasteiger partial charge in [0, 0.05) is 0 Å². The normalized spacial score (nSPS) is 14.5. The predicted octanol–water partition coefficient (Wildman–Crippen LogP) is 2.95. The molecule has 0 amide bonds. The Kier molecular flexibility index (Phi) is 5.53. The van der Waals surface area contributed by atoms with Gasteiger partial charge in [-0.25, -0.2) is 4.39 Å². The summed E-state index contributed by atoms with van der Waals surface area (Å²) in [6, 6.07) is 0. The topological polar surface area (TPSA) is 0 Å². The average molecular weight is 150 g/mol. The summed E-state index contributed by atoms with van der Waals surface area (Å²) in [6.45, 7) is 3.63. The molecule has 0 aromatic heterocycles. The molecule has 0 saturated heterocycles. The molecule has 0 atom stereocenters. The molecule has 0 unspecified atom stereocenters. The van der Waals surface area contributed by atoms with Gasteiger partial charge in [0.05, 0.1) is 7.85 Å². The second kappa shape index (κ2) is 5.96. The molecular weight excluding hydrogens is 138 g/mol. The van der Waals surface area contributed by atoms with E-state index in [0.717, 1.165) is 5.57 Å². The summed E-state index contributed by atoms with van der Waals surface area (Å²) in [5, 5.41) is 0. The summed E-state index contributed by atoms with van der Waals surface area (Å²) in [7, 11) is 5.29. The van der Waals surface area contributed by atoms with Gasteiger partial charge >= 0.3 is 0 Å². The first-order valence-electron chi connectivity index (χ1n) is 3.56. The molecule has 11 heavy (non-hydrogen) atoms. The first-order chi connectivity index (χ1) is 5.20. The van der Waals surface area contributed by atoms with E-state index in [9.17, 15) is 4.39 Å². The molecule has 0 N–H and O–H groups in total. The highest BCUT2D eigenvalue weighted by atomic mass is 19.1. The maximum Gasteiger partial charge on any atom is 0.122 e. The van der Waals surface area contributed by atoms with E-state index in [2.05, 4.69) is 0 Å². The lowest BCUT2D eigenvalue weighted by molar-refractivity contribution is 0.667. The molecule has 0 saturated carbocycles. The largest absolute Gasteiger partial charge is 0.207 e. The minimum absolute atomic E-state index is 0.250. The molecule has 0 spiro atoms. The van der Waals surface area contributed by atoms with Crippen molar-refractivity contribution >= 4 is 7.85 Å². The summed E-state index contributed by atoms with van der Waals surface area (Å²) in [5.74, 6) is -0.250. The molecule has 0 fully saturated rings. The summed E-state index contributed by atoms with van der Waals surface area (Å²) in [4.78, 5) is 0. The van der Waals surface area contributed by atoms with Crippen LogP contribution in [0.25, 0.3) is 0 Å². The Bertz CT molecular complexity index is 190. The van der Waals surface area contributed by atoms with Crippen LogP contribution in [-0.4, -0.2) is 7.85 Å². The number of halogens is 1. The quantitative estimate of drug-likeness (QED) is 0.428. The van der Waals surface area contributed by atoms with E-state index in [1.165, 1.54) is 12.2 Å². The standard InChI is InChI=1S/C9H12BF/c1-3-4-9(11)6-5-8(2)7-10/h3-6H,7H2,1-2H3/b4-3?,8-5+,9-6+. The maximum atomic E-state index is 12.6. The van der Waals surface area contributed by atoms with Crippen LogP contribution in [-0.2, 0) is 0 Å². The van der Waals surface area contributed by atoms with Crippen LogP contribution in [0.4, 0.5) is 4.39 Å². The number of hydrogen-bond donors (Lipinski definition) is 0. The van der Waals surface area contributed by atoms with E-state index in [1.54, 1.807) is 19.1 Å². The fraction of sp³-hybridized carbons (Fsp3) is 0.333.